The average Bonchev–Trinajstić information content (AvgIpc) is 2.74. The number of hydrogen-bond donors (Lipinski definition) is 3. The van der Waals surface area contributed by atoms with Crippen LogP contribution < -0.4 is 16.0 Å². The predicted octanol–water partition coefficient (Wildman–Crippen LogP) is 1.00. The number of halogens is 1. The molecular weight excluding hydrogens is 362 g/mol. The molecule has 1 fully saturated rings. The van der Waals surface area contributed by atoms with E-state index in [1.54, 1.807) is 5.38 Å². The van der Waals surface area contributed by atoms with Crippen LogP contribution in [0, 0.1) is 0 Å². The molecule has 3 N–H and O–H groups in total. The number of nitrogens with one attached hydrogen (secondary N) is 3. The van der Waals surface area contributed by atoms with E-state index in [1.807, 2.05) is 0 Å². The highest BCUT2D eigenvalue weighted by atomic mass is 79.9. The molecule has 0 aliphatic carbocycles. The zero-order valence-corrected chi connectivity index (χ0v) is 13.4. The largest absolute Gasteiger partial charge is 0.340 e. The summed E-state index contributed by atoms with van der Waals surface area (Å²) in [4.78, 5) is 46.0. The van der Waals surface area contributed by atoms with Crippen molar-refractivity contribution in [3.8, 4) is 0 Å². The molecule has 1 aliphatic heterocycles. The minimum Gasteiger partial charge on any atom is -0.340 e. The van der Waals surface area contributed by atoms with Crippen LogP contribution in [0.4, 0.5) is 5.69 Å². The number of carbonyl (C=O) groups excluding carboxylic acids is 4. The summed E-state index contributed by atoms with van der Waals surface area (Å²) in [6.45, 7) is 1.34. The van der Waals surface area contributed by atoms with Crippen molar-refractivity contribution >= 4 is 56.6 Å². The first-order valence-corrected chi connectivity index (χ1v) is 7.75. The van der Waals surface area contributed by atoms with Crippen molar-refractivity contribution in [3.63, 3.8) is 0 Å². The van der Waals surface area contributed by atoms with Crippen LogP contribution in [-0.4, -0.2) is 29.7 Å². The number of anilines is 1. The zero-order chi connectivity index (χ0) is 15.6. The molecule has 4 amide bonds. The maximum atomic E-state index is 12.2. The molecule has 0 aromatic carbocycles. The van der Waals surface area contributed by atoms with Crippen LogP contribution in [0.15, 0.2) is 9.17 Å². The highest BCUT2D eigenvalue weighted by Gasteiger charge is 2.29. The Balaban J connectivity index is 2.12. The van der Waals surface area contributed by atoms with Gasteiger partial charge in [0.2, 0.25) is 17.7 Å². The SMILES string of the molecule is CC(=O)Nc1c(C(=O)NC2CCC(=O)NC2=O)csc1Br. The monoisotopic (exact) mass is 373 g/mol. The molecule has 1 aromatic heterocycles. The minimum absolute atomic E-state index is 0.183. The van der Waals surface area contributed by atoms with Crippen molar-refractivity contribution in [2.75, 3.05) is 5.32 Å². The van der Waals surface area contributed by atoms with E-state index in [0.29, 0.717) is 9.47 Å². The van der Waals surface area contributed by atoms with E-state index in [4.69, 9.17) is 0 Å². The van der Waals surface area contributed by atoms with Crippen LogP contribution in [-0.2, 0) is 14.4 Å². The molecule has 0 bridgehead atoms. The maximum absolute atomic E-state index is 12.2. The first kappa shape index (κ1) is 15.6. The maximum Gasteiger partial charge on any atom is 0.254 e. The van der Waals surface area contributed by atoms with Gasteiger partial charge in [-0.05, 0) is 22.4 Å². The van der Waals surface area contributed by atoms with Crippen molar-refractivity contribution in [1.29, 1.82) is 0 Å². The fraction of sp³-hybridized carbons (Fsp3) is 0.333. The third kappa shape index (κ3) is 3.67. The lowest BCUT2D eigenvalue weighted by atomic mass is 10.1. The topological polar surface area (TPSA) is 104 Å². The van der Waals surface area contributed by atoms with Gasteiger partial charge in [-0.15, -0.1) is 11.3 Å². The van der Waals surface area contributed by atoms with Crippen molar-refractivity contribution in [2.45, 2.75) is 25.8 Å². The first-order valence-electron chi connectivity index (χ1n) is 6.07. The molecule has 2 rings (SSSR count). The lowest BCUT2D eigenvalue weighted by Gasteiger charge is -2.21. The third-order valence-electron chi connectivity index (χ3n) is 2.84. The highest BCUT2D eigenvalue weighted by molar-refractivity contribution is 9.11. The minimum atomic E-state index is -0.751. The van der Waals surface area contributed by atoms with Crippen LogP contribution in [0.3, 0.4) is 0 Å². The van der Waals surface area contributed by atoms with Gasteiger partial charge in [0, 0.05) is 18.7 Å². The average molecular weight is 374 g/mol. The second-order valence-corrected chi connectivity index (χ2v) is 6.65. The van der Waals surface area contributed by atoms with Gasteiger partial charge in [-0.2, -0.15) is 0 Å². The summed E-state index contributed by atoms with van der Waals surface area (Å²) in [7, 11) is 0. The van der Waals surface area contributed by atoms with E-state index < -0.39 is 17.9 Å². The van der Waals surface area contributed by atoms with Crippen molar-refractivity contribution in [1.82, 2.24) is 10.6 Å². The van der Waals surface area contributed by atoms with E-state index in [9.17, 15) is 19.2 Å². The molecule has 21 heavy (non-hydrogen) atoms. The molecule has 1 aromatic rings. The second-order valence-electron chi connectivity index (χ2n) is 4.46. The van der Waals surface area contributed by atoms with E-state index in [1.165, 1.54) is 18.3 Å². The number of piperidine rings is 1. The van der Waals surface area contributed by atoms with Gasteiger partial charge in [-0.1, -0.05) is 0 Å². The summed E-state index contributed by atoms with van der Waals surface area (Å²) in [5, 5.41) is 8.88. The Kier molecular flexibility index (Phi) is 4.73. The van der Waals surface area contributed by atoms with E-state index >= 15 is 0 Å². The smallest absolute Gasteiger partial charge is 0.254 e. The van der Waals surface area contributed by atoms with Crippen LogP contribution in [0.25, 0.3) is 0 Å². The molecule has 1 saturated heterocycles. The number of thiophene rings is 1. The summed E-state index contributed by atoms with van der Waals surface area (Å²) in [6.07, 6.45) is 0.444. The second kappa shape index (κ2) is 6.35. The highest BCUT2D eigenvalue weighted by Crippen LogP contribution is 2.33. The van der Waals surface area contributed by atoms with Crippen LogP contribution in [0.1, 0.15) is 30.1 Å². The Hall–Kier alpha value is -1.74. The fourth-order valence-corrected chi connectivity index (χ4v) is 3.18. The number of imide groups is 1. The Labute approximate surface area is 132 Å². The van der Waals surface area contributed by atoms with Crippen molar-refractivity contribution < 1.29 is 19.2 Å². The Morgan fingerprint density at radius 2 is 2.14 bits per heavy atom. The number of amides is 4. The number of rotatable bonds is 3. The summed E-state index contributed by atoms with van der Waals surface area (Å²) in [5.41, 5.74) is 0.643. The number of hydrogen-bond acceptors (Lipinski definition) is 5. The molecule has 1 atom stereocenters. The van der Waals surface area contributed by atoms with E-state index in [0.717, 1.165) is 0 Å². The van der Waals surface area contributed by atoms with Gasteiger partial charge in [-0.25, -0.2) is 0 Å². The van der Waals surface area contributed by atoms with Gasteiger partial charge in [0.1, 0.15) is 6.04 Å². The molecule has 1 aliphatic rings. The lowest BCUT2D eigenvalue weighted by molar-refractivity contribution is -0.134. The lowest BCUT2D eigenvalue weighted by Crippen LogP contribution is -2.52. The molecule has 112 valence electrons. The van der Waals surface area contributed by atoms with Crippen LogP contribution in [0.2, 0.25) is 0 Å². The van der Waals surface area contributed by atoms with E-state index in [2.05, 4.69) is 31.9 Å². The molecule has 0 saturated carbocycles. The van der Waals surface area contributed by atoms with Crippen LogP contribution in [0.5, 0.6) is 0 Å². The molecule has 1 unspecified atom stereocenters. The standard InChI is InChI=1S/C12H12BrN3O4S/c1-5(17)14-9-6(4-21-10(9)13)11(19)15-7-2-3-8(18)16-12(7)20/h4,7H,2-3H2,1H3,(H,14,17)(H,15,19)(H,16,18,20). The summed E-state index contributed by atoms with van der Waals surface area (Å²) >= 11 is 4.51. The zero-order valence-electron chi connectivity index (χ0n) is 11.0. The third-order valence-corrected chi connectivity index (χ3v) is 4.56. The Morgan fingerprint density at radius 3 is 2.76 bits per heavy atom. The summed E-state index contributed by atoms with van der Waals surface area (Å²) in [5.74, 6) is -1.64. The van der Waals surface area contributed by atoms with Crippen molar-refractivity contribution in [2.24, 2.45) is 0 Å². The summed E-state index contributed by atoms with van der Waals surface area (Å²) in [6, 6.07) is -0.751. The fourth-order valence-electron chi connectivity index (χ4n) is 1.86. The van der Waals surface area contributed by atoms with Gasteiger partial charge >= 0.3 is 0 Å². The Bertz CT molecular complexity index is 628. The first-order chi connectivity index (χ1) is 9.88. The summed E-state index contributed by atoms with van der Waals surface area (Å²) < 4.78 is 0.617. The number of carbonyl (C=O) groups is 4. The van der Waals surface area contributed by atoms with Crippen molar-refractivity contribution in [3.05, 3.63) is 14.7 Å². The molecular formula is C12H12BrN3O4S. The van der Waals surface area contributed by atoms with Gasteiger partial charge in [-0.3, -0.25) is 24.5 Å². The predicted molar refractivity (Wildman–Crippen MR) is 80.0 cm³/mol. The van der Waals surface area contributed by atoms with Gasteiger partial charge in [0.25, 0.3) is 5.91 Å². The van der Waals surface area contributed by atoms with Gasteiger partial charge < -0.3 is 10.6 Å². The Morgan fingerprint density at radius 1 is 1.43 bits per heavy atom. The van der Waals surface area contributed by atoms with E-state index in [-0.39, 0.29) is 30.2 Å². The van der Waals surface area contributed by atoms with Crippen LogP contribution >= 0.6 is 27.3 Å². The quantitative estimate of drug-likeness (QED) is 0.687. The van der Waals surface area contributed by atoms with Gasteiger partial charge in [0.05, 0.1) is 15.0 Å². The molecule has 9 heteroatoms. The molecule has 7 nitrogen and oxygen atoms in total. The molecule has 0 radical (unpaired) electrons. The molecule has 2 heterocycles. The molecule has 0 spiro atoms. The normalized spacial score (nSPS) is 18.1. The van der Waals surface area contributed by atoms with Gasteiger partial charge in [0.15, 0.2) is 0 Å².